The van der Waals surface area contributed by atoms with Gasteiger partial charge in [0.25, 0.3) is 0 Å². The van der Waals surface area contributed by atoms with Gasteiger partial charge < -0.3 is 26.5 Å². The normalized spacial score (nSPS) is 15.4. The van der Waals surface area contributed by atoms with Crippen LogP contribution >= 0.6 is 0 Å². The van der Waals surface area contributed by atoms with Gasteiger partial charge in [-0.2, -0.15) is 0 Å². The number of amides is 2. The third kappa shape index (κ3) is 5.10. The number of hydrogen-bond acceptors (Lipinski definition) is 4. The summed E-state index contributed by atoms with van der Waals surface area (Å²) in [6.45, 7) is 5.17. The number of aliphatic carboxylic acids is 1. The number of carbonyl (C=O) groups excluding carboxylic acids is 2. The Morgan fingerprint density at radius 2 is 1.82 bits per heavy atom. The topological polar surface area (TPSA) is 137 Å². The van der Waals surface area contributed by atoms with E-state index in [-0.39, 0.29) is 12.3 Å². The van der Waals surface area contributed by atoms with Crippen LogP contribution in [-0.2, 0) is 20.8 Å². The second kappa shape index (κ2) is 9.36. The lowest BCUT2D eigenvalue weighted by molar-refractivity contribution is -0.141. The van der Waals surface area contributed by atoms with Crippen LogP contribution in [0.3, 0.4) is 0 Å². The van der Waals surface area contributed by atoms with Crippen LogP contribution in [0.1, 0.15) is 32.8 Å². The van der Waals surface area contributed by atoms with Crippen molar-refractivity contribution in [3.63, 3.8) is 0 Å². The number of fused-ring (bicyclic) bond motifs is 1. The molecule has 6 N–H and O–H groups in total. The van der Waals surface area contributed by atoms with Crippen LogP contribution in [0.5, 0.6) is 0 Å². The molecule has 0 fully saturated rings. The van der Waals surface area contributed by atoms with Crippen LogP contribution in [0.2, 0.25) is 0 Å². The number of nitrogens with two attached hydrogens (primary N) is 1. The minimum Gasteiger partial charge on any atom is -0.480 e. The zero-order chi connectivity index (χ0) is 20.8. The van der Waals surface area contributed by atoms with E-state index < -0.39 is 35.9 Å². The second-order valence-electron chi connectivity index (χ2n) is 7.10. The number of benzene rings is 1. The lowest BCUT2D eigenvalue weighted by Gasteiger charge is -2.23. The molecule has 8 nitrogen and oxygen atoms in total. The molecule has 28 heavy (non-hydrogen) atoms. The van der Waals surface area contributed by atoms with E-state index in [9.17, 15) is 14.4 Å². The van der Waals surface area contributed by atoms with Gasteiger partial charge >= 0.3 is 5.97 Å². The van der Waals surface area contributed by atoms with Crippen molar-refractivity contribution in [1.82, 2.24) is 15.6 Å². The number of rotatable bonds is 9. The number of carboxylic acids is 1. The van der Waals surface area contributed by atoms with Gasteiger partial charge in [-0.25, -0.2) is 0 Å². The predicted octanol–water partition coefficient (Wildman–Crippen LogP) is 1.16. The van der Waals surface area contributed by atoms with E-state index >= 15 is 0 Å². The zero-order valence-corrected chi connectivity index (χ0v) is 16.4. The Bertz CT molecular complexity index is 848. The first-order chi connectivity index (χ1) is 13.2. The largest absolute Gasteiger partial charge is 0.480 e. The van der Waals surface area contributed by atoms with Crippen molar-refractivity contribution in [1.29, 1.82) is 0 Å². The van der Waals surface area contributed by atoms with Gasteiger partial charge in [0.2, 0.25) is 11.8 Å². The van der Waals surface area contributed by atoms with Gasteiger partial charge in [-0.15, -0.1) is 0 Å². The number of aromatic amines is 1. The third-order valence-corrected chi connectivity index (χ3v) is 5.02. The maximum atomic E-state index is 12.7. The summed E-state index contributed by atoms with van der Waals surface area (Å²) in [5.74, 6) is -2.20. The van der Waals surface area contributed by atoms with Gasteiger partial charge in [0, 0.05) is 23.5 Å². The average Bonchev–Trinajstić information content (AvgIpc) is 3.08. The van der Waals surface area contributed by atoms with E-state index in [2.05, 4.69) is 15.6 Å². The summed E-state index contributed by atoms with van der Waals surface area (Å²) >= 11 is 0. The van der Waals surface area contributed by atoms with Crippen molar-refractivity contribution in [2.24, 2.45) is 11.7 Å². The first-order valence-electron chi connectivity index (χ1n) is 9.38. The van der Waals surface area contributed by atoms with Crippen LogP contribution in [-0.4, -0.2) is 46.0 Å². The maximum Gasteiger partial charge on any atom is 0.325 e. The fourth-order valence-electron chi connectivity index (χ4n) is 2.89. The first-order valence-corrected chi connectivity index (χ1v) is 9.38. The zero-order valence-electron chi connectivity index (χ0n) is 16.4. The molecule has 8 heteroatoms. The highest BCUT2D eigenvalue weighted by atomic mass is 16.4. The molecule has 0 aliphatic rings. The molecular formula is C20H28N4O4. The Labute approximate surface area is 163 Å². The minimum absolute atomic E-state index is 0.0465. The van der Waals surface area contributed by atoms with Crippen LogP contribution < -0.4 is 16.4 Å². The van der Waals surface area contributed by atoms with Crippen LogP contribution in [0.15, 0.2) is 30.5 Å². The van der Waals surface area contributed by atoms with E-state index in [0.717, 1.165) is 22.9 Å². The smallest absolute Gasteiger partial charge is 0.325 e. The van der Waals surface area contributed by atoms with Gasteiger partial charge in [0.1, 0.15) is 12.1 Å². The van der Waals surface area contributed by atoms with Gasteiger partial charge in [-0.3, -0.25) is 14.4 Å². The van der Waals surface area contributed by atoms with Crippen LogP contribution in [0.25, 0.3) is 10.9 Å². The van der Waals surface area contributed by atoms with Crippen LogP contribution in [0.4, 0.5) is 0 Å². The summed E-state index contributed by atoms with van der Waals surface area (Å²) < 4.78 is 0. The molecule has 4 atom stereocenters. The standard InChI is InChI=1S/C20H28N4O4/c1-4-11(2)17(21)19(26)24-16(18(25)23-12(3)20(27)28)9-13-10-22-15-8-6-5-7-14(13)15/h5-8,10-12,16-17,22H,4,9,21H2,1-3H3,(H,23,25)(H,24,26)(H,27,28)/t11-,12-,16-,17-/m0/s1. The summed E-state index contributed by atoms with van der Waals surface area (Å²) in [6.07, 6.45) is 2.72. The number of carbonyl (C=O) groups is 3. The molecule has 1 heterocycles. The molecule has 0 unspecified atom stereocenters. The van der Waals surface area contributed by atoms with E-state index in [1.165, 1.54) is 6.92 Å². The number of aromatic nitrogens is 1. The molecule has 2 rings (SSSR count). The molecule has 1 aromatic carbocycles. The van der Waals surface area contributed by atoms with Crippen molar-refractivity contribution in [3.05, 3.63) is 36.0 Å². The highest BCUT2D eigenvalue weighted by Crippen LogP contribution is 2.19. The Morgan fingerprint density at radius 1 is 1.14 bits per heavy atom. The van der Waals surface area contributed by atoms with Gasteiger partial charge in [0.15, 0.2) is 0 Å². The number of para-hydroxylation sites is 1. The fourth-order valence-corrected chi connectivity index (χ4v) is 2.89. The van der Waals surface area contributed by atoms with Gasteiger partial charge in [-0.05, 0) is 24.5 Å². The SMILES string of the molecule is CC[C@H](C)[C@H](N)C(=O)N[C@@H](Cc1c[nH]c2ccccc12)C(=O)N[C@@H](C)C(=O)O. The summed E-state index contributed by atoms with van der Waals surface area (Å²) in [4.78, 5) is 39.4. The molecule has 2 amide bonds. The quantitative estimate of drug-likeness (QED) is 0.439. The summed E-state index contributed by atoms with van der Waals surface area (Å²) in [6, 6.07) is 4.86. The molecule has 0 aliphatic carbocycles. The Hall–Kier alpha value is -2.87. The predicted molar refractivity (Wildman–Crippen MR) is 107 cm³/mol. The van der Waals surface area contributed by atoms with Crippen molar-refractivity contribution in [2.75, 3.05) is 0 Å². The van der Waals surface area contributed by atoms with Crippen molar-refractivity contribution >= 4 is 28.7 Å². The molecule has 0 saturated heterocycles. The molecule has 0 radical (unpaired) electrons. The maximum absolute atomic E-state index is 12.7. The molecular weight excluding hydrogens is 360 g/mol. The number of nitrogens with one attached hydrogen (secondary N) is 3. The van der Waals surface area contributed by atoms with E-state index in [4.69, 9.17) is 10.8 Å². The second-order valence-corrected chi connectivity index (χ2v) is 7.10. The summed E-state index contributed by atoms with van der Waals surface area (Å²) in [5.41, 5.74) is 7.75. The minimum atomic E-state index is -1.15. The average molecular weight is 388 g/mol. The summed E-state index contributed by atoms with van der Waals surface area (Å²) in [7, 11) is 0. The third-order valence-electron chi connectivity index (χ3n) is 5.02. The van der Waals surface area contributed by atoms with E-state index in [1.807, 2.05) is 38.1 Å². The van der Waals surface area contributed by atoms with E-state index in [0.29, 0.717) is 0 Å². The van der Waals surface area contributed by atoms with Crippen molar-refractivity contribution in [3.8, 4) is 0 Å². The Kier molecular flexibility index (Phi) is 7.17. The van der Waals surface area contributed by atoms with Gasteiger partial charge in [-0.1, -0.05) is 38.5 Å². The van der Waals surface area contributed by atoms with Gasteiger partial charge in [0.05, 0.1) is 6.04 Å². The number of hydrogen-bond donors (Lipinski definition) is 5. The monoisotopic (exact) mass is 388 g/mol. The first kappa shape index (κ1) is 21.4. The van der Waals surface area contributed by atoms with Crippen LogP contribution in [0, 0.1) is 5.92 Å². The molecule has 152 valence electrons. The highest BCUT2D eigenvalue weighted by molar-refractivity contribution is 5.92. The number of H-pyrrole nitrogens is 1. The summed E-state index contributed by atoms with van der Waals surface area (Å²) in [5, 5.41) is 15.1. The van der Waals surface area contributed by atoms with E-state index in [1.54, 1.807) is 6.20 Å². The van der Waals surface area contributed by atoms with Crippen molar-refractivity contribution in [2.45, 2.75) is 51.7 Å². The molecule has 0 spiro atoms. The fraction of sp³-hybridized carbons (Fsp3) is 0.450. The molecule has 1 aromatic heterocycles. The Morgan fingerprint density at radius 3 is 2.46 bits per heavy atom. The molecule has 2 aromatic rings. The lowest BCUT2D eigenvalue weighted by atomic mass is 9.98. The Balaban J connectivity index is 2.23. The molecule has 0 bridgehead atoms. The highest BCUT2D eigenvalue weighted by Gasteiger charge is 2.28. The molecule has 0 saturated carbocycles. The number of carboxylic acid groups (broad SMARTS) is 1. The van der Waals surface area contributed by atoms with Crippen molar-refractivity contribution < 1.29 is 19.5 Å². The lowest BCUT2D eigenvalue weighted by Crippen LogP contribution is -2.55. The molecule has 0 aliphatic heterocycles.